The number of hydrogen-bond donors (Lipinski definition) is 1. The van der Waals surface area contributed by atoms with Crippen LogP contribution in [0.3, 0.4) is 0 Å². The van der Waals surface area contributed by atoms with Gasteiger partial charge in [0.2, 0.25) is 5.91 Å². The quantitative estimate of drug-likeness (QED) is 0.744. The highest BCUT2D eigenvalue weighted by Gasteiger charge is 2.31. The second-order valence-electron chi connectivity index (χ2n) is 4.48. The molecule has 2 rings (SSSR count). The van der Waals surface area contributed by atoms with Crippen LogP contribution in [0.2, 0.25) is 0 Å². The first-order valence-electron chi connectivity index (χ1n) is 5.44. The first kappa shape index (κ1) is 10.2. The van der Waals surface area contributed by atoms with Gasteiger partial charge in [0.1, 0.15) is 0 Å². The average Bonchev–Trinajstić information content (AvgIpc) is 2.53. The highest BCUT2D eigenvalue weighted by atomic mass is 16.2. The summed E-state index contributed by atoms with van der Waals surface area (Å²) in [5.41, 5.74) is 3.90. The van der Waals surface area contributed by atoms with Crippen molar-refractivity contribution in [3.8, 4) is 0 Å². The summed E-state index contributed by atoms with van der Waals surface area (Å²) in [5.74, 6) is 0.627. The van der Waals surface area contributed by atoms with Gasteiger partial charge in [-0.1, -0.05) is 25.1 Å². The third-order valence-corrected chi connectivity index (χ3v) is 3.47. The number of nitrogens with one attached hydrogen (secondary N) is 1. The maximum Gasteiger partial charge on any atom is 0.223 e. The van der Waals surface area contributed by atoms with Gasteiger partial charge in [-0.2, -0.15) is 0 Å². The maximum atomic E-state index is 11.4. The fourth-order valence-electron chi connectivity index (χ4n) is 2.13. The molecule has 1 aromatic carbocycles. The monoisotopic (exact) mass is 203 g/mol. The lowest BCUT2D eigenvalue weighted by Gasteiger charge is -2.14. The van der Waals surface area contributed by atoms with Gasteiger partial charge >= 0.3 is 0 Å². The molecule has 0 radical (unpaired) electrons. The van der Waals surface area contributed by atoms with Gasteiger partial charge in [-0.15, -0.1) is 0 Å². The molecule has 1 heterocycles. The van der Waals surface area contributed by atoms with E-state index in [4.69, 9.17) is 0 Å². The minimum Gasteiger partial charge on any atom is -0.355 e. The molecule has 1 aliphatic heterocycles. The Kier molecular flexibility index (Phi) is 2.51. The number of carbonyl (C=O) groups is 1. The molecule has 1 saturated heterocycles. The van der Waals surface area contributed by atoms with Gasteiger partial charge in [-0.05, 0) is 30.5 Å². The molecule has 1 aliphatic rings. The van der Waals surface area contributed by atoms with Gasteiger partial charge in [0, 0.05) is 18.4 Å². The number of hydrogen-bond acceptors (Lipinski definition) is 1. The standard InChI is InChI=1S/C13H17NO/c1-8-4-5-11(6-9(8)2)12-7-14-13(15)10(12)3/h4-6,10,12H,7H2,1-3H3,(H,14,15). The van der Waals surface area contributed by atoms with Crippen LogP contribution in [0.15, 0.2) is 18.2 Å². The molecular formula is C13H17NO. The van der Waals surface area contributed by atoms with E-state index in [-0.39, 0.29) is 11.8 Å². The van der Waals surface area contributed by atoms with Crippen molar-refractivity contribution in [2.75, 3.05) is 6.54 Å². The SMILES string of the molecule is Cc1ccc(C2CNC(=O)C2C)cc1C. The van der Waals surface area contributed by atoms with Crippen molar-refractivity contribution in [3.05, 3.63) is 34.9 Å². The van der Waals surface area contributed by atoms with Crippen molar-refractivity contribution < 1.29 is 4.79 Å². The molecule has 15 heavy (non-hydrogen) atoms. The Balaban J connectivity index is 2.30. The van der Waals surface area contributed by atoms with E-state index >= 15 is 0 Å². The Bertz CT molecular complexity index is 398. The Morgan fingerprint density at radius 1 is 1.27 bits per heavy atom. The van der Waals surface area contributed by atoms with Crippen LogP contribution in [-0.4, -0.2) is 12.5 Å². The van der Waals surface area contributed by atoms with E-state index in [1.165, 1.54) is 16.7 Å². The summed E-state index contributed by atoms with van der Waals surface area (Å²) in [6.45, 7) is 7.01. The number of amides is 1. The summed E-state index contributed by atoms with van der Waals surface area (Å²) in [6, 6.07) is 6.49. The Hall–Kier alpha value is -1.31. The van der Waals surface area contributed by atoms with Gasteiger partial charge in [-0.25, -0.2) is 0 Å². The number of benzene rings is 1. The van der Waals surface area contributed by atoms with Crippen molar-refractivity contribution in [2.24, 2.45) is 5.92 Å². The first-order valence-corrected chi connectivity index (χ1v) is 5.44. The predicted octanol–water partition coefficient (Wildman–Crippen LogP) is 2.15. The van der Waals surface area contributed by atoms with E-state index in [1.54, 1.807) is 0 Å². The molecule has 0 aliphatic carbocycles. The van der Waals surface area contributed by atoms with Gasteiger partial charge in [0.15, 0.2) is 0 Å². The number of aryl methyl sites for hydroxylation is 2. The van der Waals surface area contributed by atoms with Crippen LogP contribution in [0.5, 0.6) is 0 Å². The lowest BCUT2D eigenvalue weighted by Crippen LogP contribution is -2.16. The zero-order chi connectivity index (χ0) is 11.0. The minimum absolute atomic E-state index is 0.104. The molecule has 0 saturated carbocycles. The summed E-state index contributed by atoms with van der Waals surface area (Å²) < 4.78 is 0. The van der Waals surface area contributed by atoms with Crippen molar-refractivity contribution >= 4 is 5.91 Å². The molecule has 80 valence electrons. The highest BCUT2D eigenvalue weighted by Crippen LogP contribution is 2.29. The van der Waals surface area contributed by atoms with E-state index in [9.17, 15) is 4.79 Å². The van der Waals surface area contributed by atoms with E-state index < -0.39 is 0 Å². The molecule has 0 aromatic heterocycles. The second kappa shape index (κ2) is 3.69. The molecule has 1 N–H and O–H groups in total. The summed E-state index contributed by atoms with van der Waals surface area (Å²) in [6.07, 6.45) is 0. The van der Waals surface area contributed by atoms with Gasteiger partial charge in [0.25, 0.3) is 0 Å². The molecule has 1 aromatic rings. The largest absolute Gasteiger partial charge is 0.355 e. The lowest BCUT2D eigenvalue weighted by molar-refractivity contribution is -0.122. The van der Waals surface area contributed by atoms with E-state index in [1.807, 2.05) is 6.92 Å². The van der Waals surface area contributed by atoms with Gasteiger partial charge in [-0.3, -0.25) is 4.79 Å². The summed E-state index contributed by atoms with van der Waals surface area (Å²) >= 11 is 0. The van der Waals surface area contributed by atoms with E-state index in [0.717, 1.165) is 6.54 Å². The van der Waals surface area contributed by atoms with E-state index in [0.29, 0.717) is 5.92 Å². The zero-order valence-electron chi connectivity index (χ0n) is 9.50. The van der Waals surface area contributed by atoms with Crippen molar-refractivity contribution in [2.45, 2.75) is 26.7 Å². The number of carbonyl (C=O) groups excluding carboxylic acids is 1. The zero-order valence-corrected chi connectivity index (χ0v) is 9.50. The summed E-state index contributed by atoms with van der Waals surface area (Å²) in [7, 11) is 0. The second-order valence-corrected chi connectivity index (χ2v) is 4.48. The van der Waals surface area contributed by atoms with Crippen LogP contribution in [0, 0.1) is 19.8 Å². The topological polar surface area (TPSA) is 29.1 Å². The van der Waals surface area contributed by atoms with Crippen LogP contribution < -0.4 is 5.32 Å². The molecule has 2 heteroatoms. The Morgan fingerprint density at radius 3 is 2.53 bits per heavy atom. The average molecular weight is 203 g/mol. The predicted molar refractivity (Wildman–Crippen MR) is 60.8 cm³/mol. The van der Waals surface area contributed by atoms with Crippen molar-refractivity contribution in [1.29, 1.82) is 0 Å². The minimum atomic E-state index is 0.104. The van der Waals surface area contributed by atoms with Crippen molar-refractivity contribution in [3.63, 3.8) is 0 Å². The first-order chi connectivity index (χ1) is 7.09. The molecule has 2 nitrogen and oxygen atoms in total. The van der Waals surface area contributed by atoms with Crippen molar-refractivity contribution in [1.82, 2.24) is 5.32 Å². The molecule has 0 spiro atoms. The molecule has 2 unspecified atom stereocenters. The Morgan fingerprint density at radius 2 is 2.00 bits per heavy atom. The maximum absolute atomic E-state index is 11.4. The normalized spacial score (nSPS) is 25.4. The van der Waals surface area contributed by atoms with E-state index in [2.05, 4.69) is 37.4 Å². The number of rotatable bonds is 1. The fourth-order valence-corrected chi connectivity index (χ4v) is 2.13. The molecule has 1 amide bonds. The van der Waals surface area contributed by atoms with Gasteiger partial charge < -0.3 is 5.32 Å². The van der Waals surface area contributed by atoms with Gasteiger partial charge in [0.05, 0.1) is 0 Å². The molecule has 0 bridgehead atoms. The third-order valence-electron chi connectivity index (χ3n) is 3.47. The van der Waals surface area contributed by atoms with Crippen LogP contribution in [-0.2, 0) is 4.79 Å². The molecule has 1 fully saturated rings. The van der Waals surface area contributed by atoms with Crippen LogP contribution >= 0.6 is 0 Å². The van der Waals surface area contributed by atoms with Crippen LogP contribution in [0.1, 0.15) is 29.5 Å². The lowest BCUT2D eigenvalue weighted by atomic mass is 9.88. The van der Waals surface area contributed by atoms with Crippen LogP contribution in [0.25, 0.3) is 0 Å². The summed E-state index contributed by atoms with van der Waals surface area (Å²) in [4.78, 5) is 11.4. The Labute approximate surface area is 90.7 Å². The molecular weight excluding hydrogens is 186 g/mol. The third kappa shape index (κ3) is 1.76. The highest BCUT2D eigenvalue weighted by molar-refractivity contribution is 5.82. The van der Waals surface area contributed by atoms with Crippen LogP contribution in [0.4, 0.5) is 0 Å². The summed E-state index contributed by atoms with van der Waals surface area (Å²) in [5, 5.41) is 2.91. The smallest absolute Gasteiger partial charge is 0.223 e. The fraction of sp³-hybridized carbons (Fsp3) is 0.462. The molecule has 2 atom stereocenters.